The van der Waals surface area contributed by atoms with Crippen LogP contribution >= 0.6 is 11.8 Å². The van der Waals surface area contributed by atoms with Gasteiger partial charge in [-0.1, -0.05) is 0 Å². The minimum absolute atomic E-state index is 0.0273. The highest BCUT2D eigenvalue weighted by Crippen LogP contribution is 2.29. The van der Waals surface area contributed by atoms with Crippen molar-refractivity contribution in [1.29, 1.82) is 0 Å². The van der Waals surface area contributed by atoms with E-state index in [2.05, 4.69) is 0 Å². The molecule has 1 aliphatic rings. The molecule has 1 aromatic carbocycles. The first kappa shape index (κ1) is 13.7. The second-order valence-corrected chi connectivity index (χ2v) is 5.50. The summed E-state index contributed by atoms with van der Waals surface area (Å²) in [6, 6.07) is 3.97. The number of carboxylic acids is 1. The molecular formula is C12H14N2O4S. The van der Waals surface area contributed by atoms with E-state index >= 15 is 0 Å². The minimum Gasteiger partial charge on any atom is -0.480 e. The van der Waals surface area contributed by atoms with E-state index in [4.69, 9.17) is 0 Å². The molecule has 1 saturated heterocycles. The van der Waals surface area contributed by atoms with Crippen LogP contribution in [0.2, 0.25) is 0 Å². The smallest absolute Gasteiger partial charge is 0.327 e. The number of benzene rings is 1. The summed E-state index contributed by atoms with van der Waals surface area (Å²) in [5.41, 5.74) is 1.52. The molecule has 1 fully saturated rings. The Hall–Kier alpha value is -1.76. The summed E-state index contributed by atoms with van der Waals surface area (Å²) in [6.07, 6.45) is 0. The van der Waals surface area contributed by atoms with Crippen LogP contribution in [0, 0.1) is 17.0 Å². The van der Waals surface area contributed by atoms with Crippen LogP contribution in [-0.2, 0) is 4.79 Å². The molecule has 1 aliphatic heterocycles. The summed E-state index contributed by atoms with van der Waals surface area (Å²) in [6.45, 7) is 2.41. The van der Waals surface area contributed by atoms with Crippen molar-refractivity contribution in [2.24, 2.45) is 0 Å². The molecular weight excluding hydrogens is 268 g/mol. The van der Waals surface area contributed by atoms with Gasteiger partial charge in [-0.2, -0.15) is 11.8 Å². The topological polar surface area (TPSA) is 83.7 Å². The fourth-order valence-corrected chi connectivity index (χ4v) is 3.21. The molecule has 1 N–H and O–H groups in total. The van der Waals surface area contributed by atoms with Gasteiger partial charge in [-0.3, -0.25) is 10.1 Å². The first-order valence-electron chi connectivity index (χ1n) is 5.83. The second kappa shape index (κ2) is 5.48. The van der Waals surface area contributed by atoms with E-state index in [9.17, 15) is 20.0 Å². The quantitative estimate of drug-likeness (QED) is 0.673. The lowest BCUT2D eigenvalue weighted by Crippen LogP contribution is -2.47. The highest BCUT2D eigenvalue weighted by atomic mass is 32.2. The van der Waals surface area contributed by atoms with Gasteiger partial charge in [0, 0.05) is 35.9 Å². The number of nitrogens with zero attached hydrogens (tertiary/aromatic N) is 2. The number of carboxylic acid groups (broad SMARTS) is 1. The highest BCUT2D eigenvalue weighted by molar-refractivity contribution is 7.99. The highest BCUT2D eigenvalue weighted by Gasteiger charge is 2.30. The lowest BCUT2D eigenvalue weighted by Gasteiger charge is -2.35. The Morgan fingerprint density at radius 1 is 1.58 bits per heavy atom. The van der Waals surface area contributed by atoms with E-state index in [1.807, 2.05) is 4.90 Å². The molecule has 0 amide bonds. The van der Waals surface area contributed by atoms with Gasteiger partial charge in [0.15, 0.2) is 0 Å². The maximum atomic E-state index is 11.3. The largest absolute Gasteiger partial charge is 0.480 e. The first-order chi connectivity index (χ1) is 9.00. The zero-order valence-corrected chi connectivity index (χ0v) is 11.2. The standard InChI is InChI=1S/C12H14N2O4S/c1-8-6-9(14(17)18)2-3-10(8)13-4-5-19-7-11(13)12(15)16/h2-3,6,11H,4-5,7H2,1H3,(H,15,16). The molecule has 102 valence electrons. The molecule has 0 aliphatic carbocycles. The number of anilines is 1. The van der Waals surface area contributed by atoms with Crippen LogP contribution in [0.1, 0.15) is 5.56 Å². The fourth-order valence-electron chi connectivity index (χ4n) is 2.17. The Labute approximate surface area is 114 Å². The van der Waals surface area contributed by atoms with E-state index in [1.165, 1.54) is 12.1 Å². The van der Waals surface area contributed by atoms with Gasteiger partial charge < -0.3 is 10.0 Å². The van der Waals surface area contributed by atoms with Crippen LogP contribution in [0.25, 0.3) is 0 Å². The number of carbonyl (C=O) groups is 1. The van der Waals surface area contributed by atoms with Crippen LogP contribution in [0.15, 0.2) is 18.2 Å². The summed E-state index contributed by atoms with van der Waals surface area (Å²) in [7, 11) is 0. The lowest BCUT2D eigenvalue weighted by molar-refractivity contribution is -0.384. The number of aryl methyl sites for hydroxylation is 1. The number of non-ortho nitro benzene ring substituents is 1. The lowest BCUT2D eigenvalue weighted by atomic mass is 10.1. The van der Waals surface area contributed by atoms with Crippen LogP contribution in [0.3, 0.4) is 0 Å². The predicted octanol–water partition coefficient (Wildman–Crippen LogP) is 1.91. The minimum atomic E-state index is -0.857. The van der Waals surface area contributed by atoms with Gasteiger partial charge in [0.2, 0.25) is 0 Å². The number of rotatable bonds is 3. The number of hydrogen-bond acceptors (Lipinski definition) is 5. The van der Waals surface area contributed by atoms with Gasteiger partial charge in [-0.05, 0) is 18.6 Å². The van der Waals surface area contributed by atoms with Crippen molar-refractivity contribution >= 4 is 29.1 Å². The number of nitro benzene ring substituents is 1. The summed E-state index contributed by atoms with van der Waals surface area (Å²) >= 11 is 1.61. The molecule has 2 rings (SSSR count). The van der Waals surface area contributed by atoms with Gasteiger partial charge in [0.25, 0.3) is 5.69 Å². The van der Waals surface area contributed by atoms with Gasteiger partial charge >= 0.3 is 5.97 Å². The van der Waals surface area contributed by atoms with E-state index in [0.29, 0.717) is 12.3 Å². The van der Waals surface area contributed by atoms with E-state index in [1.54, 1.807) is 24.8 Å². The summed E-state index contributed by atoms with van der Waals surface area (Å²) in [5, 5.41) is 19.9. The Balaban J connectivity index is 2.34. The molecule has 1 atom stereocenters. The molecule has 0 bridgehead atoms. The van der Waals surface area contributed by atoms with Crippen LogP contribution in [-0.4, -0.2) is 40.1 Å². The summed E-state index contributed by atoms with van der Waals surface area (Å²) in [5.74, 6) is 0.538. The third kappa shape index (κ3) is 2.81. The van der Waals surface area contributed by atoms with Crippen molar-refractivity contribution < 1.29 is 14.8 Å². The molecule has 1 heterocycles. The molecule has 0 radical (unpaired) electrons. The SMILES string of the molecule is Cc1cc([N+](=O)[O-])ccc1N1CCSCC1C(=O)O. The first-order valence-corrected chi connectivity index (χ1v) is 6.98. The Bertz CT molecular complexity index is 520. The number of aliphatic carboxylic acids is 1. The fraction of sp³-hybridized carbons (Fsp3) is 0.417. The average molecular weight is 282 g/mol. The molecule has 0 saturated carbocycles. The summed E-state index contributed by atoms with van der Waals surface area (Å²) in [4.78, 5) is 23.3. The van der Waals surface area contributed by atoms with E-state index in [0.717, 1.165) is 17.0 Å². The van der Waals surface area contributed by atoms with Gasteiger partial charge in [-0.25, -0.2) is 4.79 Å². The monoisotopic (exact) mass is 282 g/mol. The number of nitro groups is 1. The van der Waals surface area contributed by atoms with Crippen molar-refractivity contribution in [3.8, 4) is 0 Å². The van der Waals surface area contributed by atoms with Crippen LogP contribution < -0.4 is 4.90 Å². The zero-order chi connectivity index (χ0) is 14.0. The van der Waals surface area contributed by atoms with Gasteiger partial charge in [0.1, 0.15) is 6.04 Å². The number of hydrogen-bond donors (Lipinski definition) is 1. The molecule has 1 unspecified atom stereocenters. The third-order valence-electron chi connectivity index (χ3n) is 3.11. The Morgan fingerprint density at radius 2 is 2.32 bits per heavy atom. The van der Waals surface area contributed by atoms with Gasteiger partial charge in [0.05, 0.1) is 4.92 Å². The zero-order valence-electron chi connectivity index (χ0n) is 10.4. The molecule has 19 heavy (non-hydrogen) atoms. The normalized spacial score (nSPS) is 19.2. The van der Waals surface area contributed by atoms with Crippen molar-refractivity contribution in [3.63, 3.8) is 0 Å². The average Bonchev–Trinajstić information content (AvgIpc) is 2.38. The molecule has 6 nitrogen and oxygen atoms in total. The van der Waals surface area contributed by atoms with Crippen LogP contribution in [0.4, 0.5) is 11.4 Å². The maximum Gasteiger partial charge on any atom is 0.327 e. The number of thioether (sulfide) groups is 1. The molecule has 7 heteroatoms. The van der Waals surface area contributed by atoms with E-state index in [-0.39, 0.29) is 5.69 Å². The van der Waals surface area contributed by atoms with Crippen molar-refractivity contribution in [1.82, 2.24) is 0 Å². The van der Waals surface area contributed by atoms with Crippen molar-refractivity contribution in [3.05, 3.63) is 33.9 Å². The second-order valence-electron chi connectivity index (χ2n) is 4.35. The Kier molecular flexibility index (Phi) is 3.94. The Morgan fingerprint density at radius 3 is 2.89 bits per heavy atom. The van der Waals surface area contributed by atoms with Crippen molar-refractivity contribution in [2.45, 2.75) is 13.0 Å². The summed E-state index contributed by atoms with van der Waals surface area (Å²) < 4.78 is 0. The predicted molar refractivity (Wildman–Crippen MR) is 73.9 cm³/mol. The molecule has 1 aromatic rings. The maximum absolute atomic E-state index is 11.3. The van der Waals surface area contributed by atoms with E-state index < -0.39 is 16.9 Å². The molecule has 0 aromatic heterocycles. The van der Waals surface area contributed by atoms with Crippen LogP contribution in [0.5, 0.6) is 0 Å². The third-order valence-corrected chi connectivity index (χ3v) is 4.14. The van der Waals surface area contributed by atoms with Gasteiger partial charge in [-0.15, -0.1) is 0 Å². The molecule has 0 spiro atoms. The van der Waals surface area contributed by atoms with Crippen molar-refractivity contribution in [2.75, 3.05) is 23.0 Å².